The van der Waals surface area contributed by atoms with Crippen LogP contribution in [0.15, 0.2) is 70.3 Å². The lowest BCUT2D eigenvalue weighted by molar-refractivity contribution is -0.109. The lowest BCUT2D eigenvalue weighted by Gasteiger charge is -2.41. The van der Waals surface area contributed by atoms with Crippen LogP contribution in [0.3, 0.4) is 0 Å². The van der Waals surface area contributed by atoms with E-state index >= 15 is 8.78 Å². The summed E-state index contributed by atoms with van der Waals surface area (Å²) in [6, 6.07) is 11.8. The topological polar surface area (TPSA) is 66.6 Å². The third-order valence-electron chi connectivity index (χ3n) is 8.28. The zero-order chi connectivity index (χ0) is 31.4. The fraction of sp³-hybridized carbons (Fsp3) is 0.303. The number of thioether (sulfide) groups is 2. The number of fused-ring (bicyclic) bond motifs is 2. The molecule has 2 atom stereocenters. The summed E-state index contributed by atoms with van der Waals surface area (Å²) in [6.45, 7) is 6.34. The molecule has 2 N–H and O–H groups in total. The van der Waals surface area contributed by atoms with Crippen molar-refractivity contribution in [1.29, 1.82) is 0 Å². The fourth-order valence-electron chi connectivity index (χ4n) is 5.98. The maximum absolute atomic E-state index is 15.4. The van der Waals surface area contributed by atoms with E-state index in [2.05, 4.69) is 17.2 Å². The van der Waals surface area contributed by atoms with Gasteiger partial charge in [-0.25, -0.2) is 8.78 Å². The number of carbonyl (C=O) groups is 1. The molecule has 2 aliphatic heterocycles. The molecule has 2 aliphatic rings. The van der Waals surface area contributed by atoms with Crippen LogP contribution in [0, 0.1) is 17.5 Å². The minimum atomic E-state index is -1.12. The van der Waals surface area contributed by atoms with Crippen molar-refractivity contribution in [3.8, 4) is 17.2 Å². The number of likely N-dealkylation sites (N-methyl/N-ethyl adjacent to an activating group) is 1. The van der Waals surface area contributed by atoms with Gasteiger partial charge in [0.15, 0.2) is 11.6 Å². The smallest absolute Gasteiger partial charge is 0.204 e. The number of halogens is 3. The van der Waals surface area contributed by atoms with Crippen LogP contribution in [0.25, 0.3) is 10.9 Å². The molecule has 0 saturated carbocycles. The Balaban J connectivity index is 1.31. The molecule has 230 valence electrons. The predicted octanol–water partition coefficient (Wildman–Crippen LogP) is 8.28. The van der Waals surface area contributed by atoms with E-state index < -0.39 is 33.8 Å². The van der Waals surface area contributed by atoms with Crippen molar-refractivity contribution in [3.63, 3.8) is 0 Å². The average Bonchev–Trinajstić information content (AvgIpc) is 3.65. The van der Waals surface area contributed by atoms with E-state index in [0.717, 1.165) is 28.2 Å². The molecule has 3 heterocycles. The van der Waals surface area contributed by atoms with E-state index in [-0.39, 0.29) is 17.0 Å². The van der Waals surface area contributed by atoms with Gasteiger partial charge in [0.05, 0.1) is 26.7 Å². The summed E-state index contributed by atoms with van der Waals surface area (Å²) >= 11 is 2.69. The second-order valence-corrected chi connectivity index (χ2v) is 14.2. The largest absolute Gasteiger partial charge is 0.492 e. The number of aromatic amines is 1. The molecular weight excluding hydrogens is 608 g/mol. The van der Waals surface area contributed by atoms with Crippen molar-refractivity contribution in [2.45, 2.75) is 53.3 Å². The molecule has 0 fully saturated rings. The number of carbonyl (C=O) groups excluding carboxylic acids is 1. The van der Waals surface area contributed by atoms with E-state index in [4.69, 9.17) is 9.47 Å². The van der Waals surface area contributed by atoms with Gasteiger partial charge in [-0.2, -0.15) is 4.39 Å². The normalized spacial score (nSPS) is 19.8. The van der Waals surface area contributed by atoms with Gasteiger partial charge in [-0.3, -0.25) is 0 Å². The van der Waals surface area contributed by atoms with E-state index in [1.165, 1.54) is 41.7 Å². The number of nitrogens with zero attached hydrogens (tertiary/aromatic N) is 1. The number of benzene rings is 3. The monoisotopic (exact) mass is 639 g/mol. The number of aldehydes is 1. The molecular formula is C33H32F3N3O3S2. The Morgan fingerprint density at radius 3 is 2.70 bits per heavy atom. The molecule has 0 aliphatic carbocycles. The molecule has 1 aromatic heterocycles. The minimum absolute atomic E-state index is 0.0655. The average molecular weight is 640 g/mol. The van der Waals surface area contributed by atoms with Gasteiger partial charge in [-0.05, 0) is 63.8 Å². The Bertz CT molecular complexity index is 1810. The highest BCUT2D eigenvalue weighted by atomic mass is 32.2. The van der Waals surface area contributed by atoms with Crippen molar-refractivity contribution in [1.82, 2.24) is 15.2 Å². The van der Waals surface area contributed by atoms with Gasteiger partial charge >= 0.3 is 0 Å². The second-order valence-electron chi connectivity index (χ2n) is 11.6. The van der Waals surface area contributed by atoms with E-state index in [0.29, 0.717) is 28.9 Å². The molecule has 0 radical (unpaired) electrons. The number of hydrogen-bond acceptors (Lipinski definition) is 7. The number of para-hydroxylation sites is 1. The Hall–Kier alpha value is -3.70. The van der Waals surface area contributed by atoms with Gasteiger partial charge < -0.3 is 29.5 Å². The number of aromatic nitrogens is 1. The van der Waals surface area contributed by atoms with Crippen molar-refractivity contribution in [2.24, 2.45) is 0 Å². The Morgan fingerprint density at radius 2 is 1.95 bits per heavy atom. The molecule has 0 saturated heterocycles. The molecule has 2 unspecified atom stereocenters. The SMILES string of the molecule is CSc1c(Oc2ccc(F)c(C3NC=C(C4(C)CCOc5c(SC(C)(C)C=O)cccc54)N3C)c2)c(F)c(F)c2[nH]ccc12. The third-order valence-corrected chi connectivity index (χ3v) is 10.3. The van der Waals surface area contributed by atoms with Crippen molar-refractivity contribution < 1.29 is 27.4 Å². The summed E-state index contributed by atoms with van der Waals surface area (Å²) in [7, 11) is 1.89. The predicted molar refractivity (Wildman–Crippen MR) is 168 cm³/mol. The van der Waals surface area contributed by atoms with Gasteiger partial charge in [0.1, 0.15) is 29.8 Å². The number of hydrogen-bond donors (Lipinski definition) is 2. The lowest BCUT2D eigenvalue weighted by atomic mass is 9.75. The van der Waals surface area contributed by atoms with Crippen molar-refractivity contribution >= 4 is 40.7 Å². The first-order chi connectivity index (χ1) is 21.0. The fourth-order valence-corrected chi connectivity index (χ4v) is 7.71. The van der Waals surface area contributed by atoms with Gasteiger partial charge in [0, 0.05) is 47.1 Å². The zero-order valence-electron chi connectivity index (χ0n) is 24.9. The summed E-state index contributed by atoms with van der Waals surface area (Å²) in [5, 5.41) is 3.82. The molecule has 44 heavy (non-hydrogen) atoms. The van der Waals surface area contributed by atoms with Gasteiger partial charge in [0.25, 0.3) is 0 Å². The van der Waals surface area contributed by atoms with Crippen LogP contribution in [-0.4, -0.2) is 40.8 Å². The molecule has 0 spiro atoms. The summed E-state index contributed by atoms with van der Waals surface area (Å²) < 4.78 is 56.9. The summed E-state index contributed by atoms with van der Waals surface area (Å²) in [6.07, 6.45) is 6.22. The van der Waals surface area contributed by atoms with E-state index in [1.807, 2.05) is 50.2 Å². The molecule has 0 amide bonds. The standard InChI is InChI=1S/C33H32F3N3O3S2/c1-32(2,17-40)44-23-8-6-7-21-28(23)41-14-12-33(21,3)24-16-38-31(39(24)4)20-15-18(9-10-22(20)34)42-29-26(36)25(35)27-19(11-13-37-27)30(29)43-5/h6-11,13,15-17,31,37-38H,12,14H2,1-5H3. The molecule has 0 bridgehead atoms. The Morgan fingerprint density at radius 1 is 1.16 bits per heavy atom. The summed E-state index contributed by atoms with van der Waals surface area (Å²) in [5.41, 5.74) is 1.80. The van der Waals surface area contributed by atoms with Crippen LogP contribution in [0.4, 0.5) is 13.2 Å². The number of nitrogens with one attached hydrogen (secondary N) is 2. The highest BCUT2D eigenvalue weighted by molar-refractivity contribution is 8.01. The van der Waals surface area contributed by atoms with Crippen LogP contribution in [0.5, 0.6) is 17.2 Å². The van der Waals surface area contributed by atoms with Crippen LogP contribution in [0.2, 0.25) is 0 Å². The Labute approximate surface area is 262 Å². The second kappa shape index (κ2) is 11.3. The summed E-state index contributed by atoms with van der Waals surface area (Å²) in [4.78, 5) is 17.7. The molecule has 11 heteroatoms. The summed E-state index contributed by atoms with van der Waals surface area (Å²) in [5.74, 6) is -1.94. The first-order valence-corrected chi connectivity index (χ1v) is 16.1. The van der Waals surface area contributed by atoms with Gasteiger partial charge in [-0.15, -0.1) is 23.5 Å². The van der Waals surface area contributed by atoms with Gasteiger partial charge in [-0.1, -0.05) is 12.1 Å². The van der Waals surface area contributed by atoms with Crippen molar-refractivity contribution in [3.05, 3.63) is 89.1 Å². The number of H-pyrrole nitrogens is 1. The lowest BCUT2D eigenvalue weighted by Crippen LogP contribution is -2.38. The number of allylic oxidation sites excluding steroid dienone is 1. The van der Waals surface area contributed by atoms with Crippen LogP contribution in [-0.2, 0) is 10.2 Å². The van der Waals surface area contributed by atoms with E-state index in [9.17, 15) is 9.18 Å². The highest BCUT2D eigenvalue weighted by Gasteiger charge is 2.43. The molecule has 3 aromatic carbocycles. The molecule has 6 nitrogen and oxygen atoms in total. The van der Waals surface area contributed by atoms with E-state index in [1.54, 1.807) is 18.5 Å². The Kier molecular flexibility index (Phi) is 7.82. The maximum atomic E-state index is 15.4. The molecule has 6 rings (SSSR count). The maximum Gasteiger partial charge on any atom is 0.204 e. The zero-order valence-corrected chi connectivity index (χ0v) is 26.5. The minimum Gasteiger partial charge on any atom is -0.492 e. The molecule has 4 aromatic rings. The quantitative estimate of drug-likeness (QED) is 0.149. The number of ether oxygens (including phenoxy) is 2. The van der Waals surface area contributed by atoms with Crippen LogP contribution in [0.1, 0.15) is 44.5 Å². The first-order valence-electron chi connectivity index (χ1n) is 14.1. The van der Waals surface area contributed by atoms with Gasteiger partial charge in [0.2, 0.25) is 5.82 Å². The number of rotatable bonds is 8. The van der Waals surface area contributed by atoms with Crippen LogP contribution < -0.4 is 14.8 Å². The van der Waals surface area contributed by atoms with Crippen molar-refractivity contribution in [2.75, 3.05) is 19.9 Å². The first kappa shape index (κ1) is 30.3. The van der Waals surface area contributed by atoms with Crippen LogP contribution >= 0.6 is 23.5 Å². The third kappa shape index (κ3) is 4.99. The highest BCUT2D eigenvalue weighted by Crippen LogP contribution is 2.51.